The van der Waals surface area contributed by atoms with Crippen LogP contribution >= 0.6 is 0 Å². The molecule has 1 N–H and O–H groups in total. The molecule has 0 aliphatic rings. The number of hydrogen-bond donors (Lipinski definition) is 1. The minimum Gasteiger partial charge on any atom is -0.352 e. The number of para-hydroxylation sites is 1. The van der Waals surface area contributed by atoms with Gasteiger partial charge in [0, 0.05) is 42.2 Å². The Bertz CT molecular complexity index is 892. The van der Waals surface area contributed by atoms with E-state index >= 15 is 0 Å². The number of nitrogens with one attached hydrogen (secondary N) is 1. The van der Waals surface area contributed by atoms with E-state index in [9.17, 15) is 4.79 Å². The lowest BCUT2D eigenvalue weighted by Gasteiger charge is -2.09. The Balaban J connectivity index is 1.59. The van der Waals surface area contributed by atoms with Crippen LogP contribution in [0.1, 0.15) is 31.3 Å². The van der Waals surface area contributed by atoms with Crippen LogP contribution < -0.4 is 5.32 Å². The fourth-order valence-corrected chi connectivity index (χ4v) is 2.66. The molecular formula is C19H21N5O. The predicted molar refractivity (Wildman–Crippen MR) is 97.9 cm³/mol. The maximum absolute atomic E-state index is 12.0. The first-order chi connectivity index (χ1) is 12.1. The van der Waals surface area contributed by atoms with Crippen molar-refractivity contribution in [1.82, 2.24) is 25.1 Å². The molecule has 6 nitrogen and oxygen atoms in total. The molecule has 6 heteroatoms. The average molecular weight is 335 g/mol. The van der Waals surface area contributed by atoms with Gasteiger partial charge >= 0.3 is 0 Å². The van der Waals surface area contributed by atoms with Crippen molar-refractivity contribution in [3.63, 3.8) is 0 Å². The normalized spacial score (nSPS) is 11.5. The van der Waals surface area contributed by atoms with Crippen molar-refractivity contribution in [1.29, 1.82) is 0 Å². The second-order valence-corrected chi connectivity index (χ2v) is 6.04. The number of benzene rings is 1. The van der Waals surface area contributed by atoms with Crippen LogP contribution in [0.2, 0.25) is 0 Å². The van der Waals surface area contributed by atoms with Crippen LogP contribution in [0.25, 0.3) is 17.0 Å². The second-order valence-electron chi connectivity index (χ2n) is 6.04. The highest BCUT2D eigenvalue weighted by molar-refractivity contribution is 5.95. The number of carbonyl (C=O) groups excluding carboxylic acids is 1. The van der Waals surface area contributed by atoms with E-state index in [0.717, 1.165) is 22.3 Å². The Morgan fingerprint density at radius 3 is 2.96 bits per heavy atom. The summed E-state index contributed by atoms with van der Waals surface area (Å²) in [6, 6.07) is 10.1. The zero-order chi connectivity index (χ0) is 17.6. The van der Waals surface area contributed by atoms with Crippen molar-refractivity contribution in [3.8, 4) is 0 Å². The molecule has 1 aromatic carbocycles. The van der Waals surface area contributed by atoms with Gasteiger partial charge in [-0.05, 0) is 26.0 Å². The molecule has 0 saturated heterocycles. The number of aromatic nitrogens is 4. The number of amides is 1. The molecule has 3 rings (SSSR count). The van der Waals surface area contributed by atoms with Gasteiger partial charge in [-0.1, -0.05) is 24.3 Å². The van der Waals surface area contributed by atoms with Gasteiger partial charge in [0.15, 0.2) is 0 Å². The van der Waals surface area contributed by atoms with Crippen molar-refractivity contribution >= 4 is 22.9 Å². The lowest BCUT2D eigenvalue weighted by atomic mass is 10.1. The number of pyridine rings is 1. The first-order valence-electron chi connectivity index (χ1n) is 8.33. The van der Waals surface area contributed by atoms with Crippen molar-refractivity contribution in [3.05, 3.63) is 60.3 Å². The van der Waals surface area contributed by atoms with Gasteiger partial charge in [-0.2, -0.15) is 0 Å². The predicted octanol–water partition coefficient (Wildman–Crippen LogP) is 2.78. The maximum atomic E-state index is 12.0. The summed E-state index contributed by atoms with van der Waals surface area (Å²) in [5, 5.41) is 12.0. The van der Waals surface area contributed by atoms with Crippen LogP contribution in [0.5, 0.6) is 0 Å². The minimum absolute atomic E-state index is 0.136. The third-order valence-electron chi connectivity index (χ3n) is 3.93. The lowest BCUT2D eigenvalue weighted by molar-refractivity contribution is -0.116. The molecule has 0 unspecified atom stereocenters. The van der Waals surface area contributed by atoms with Crippen LogP contribution in [0, 0.1) is 0 Å². The van der Waals surface area contributed by atoms with E-state index in [0.29, 0.717) is 19.0 Å². The number of hydrogen-bond acceptors (Lipinski definition) is 4. The van der Waals surface area contributed by atoms with Gasteiger partial charge in [-0.25, -0.2) is 0 Å². The molecule has 2 heterocycles. The summed E-state index contributed by atoms with van der Waals surface area (Å²) in [6.45, 7) is 4.67. The first kappa shape index (κ1) is 16.8. The van der Waals surface area contributed by atoms with Crippen LogP contribution in [-0.2, 0) is 11.2 Å². The van der Waals surface area contributed by atoms with Crippen LogP contribution in [0.4, 0.5) is 0 Å². The summed E-state index contributed by atoms with van der Waals surface area (Å²) in [5.74, 6) is 0.737. The Hall–Kier alpha value is -3.02. The largest absolute Gasteiger partial charge is 0.352 e. The van der Waals surface area contributed by atoms with Crippen LogP contribution in [0.3, 0.4) is 0 Å². The van der Waals surface area contributed by atoms with Crippen molar-refractivity contribution in [2.45, 2.75) is 26.3 Å². The van der Waals surface area contributed by atoms with Gasteiger partial charge in [0.25, 0.3) is 0 Å². The minimum atomic E-state index is -0.136. The third-order valence-corrected chi connectivity index (χ3v) is 3.93. The summed E-state index contributed by atoms with van der Waals surface area (Å²) in [5.41, 5.74) is 1.81. The van der Waals surface area contributed by atoms with E-state index in [1.54, 1.807) is 18.6 Å². The molecule has 3 aromatic rings. The Labute approximate surface area is 146 Å². The molecule has 0 spiro atoms. The third kappa shape index (κ3) is 4.09. The van der Waals surface area contributed by atoms with Crippen molar-refractivity contribution < 1.29 is 4.79 Å². The van der Waals surface area contributed by atoms with Crippen LogP contribution in [0.15, 0.2) is 48.9 Å². The van der Waals surface area contributed by atoms with E-state index in [2.05, 4.69) is 34.3 Å². The number of carbonyl (C=O) groups is 1. The molecule has 0 bridgehead atoms. The van der Waals surface area contributed by atoms with E-state index < -0.39 is 0 Å². The number of nitrogens with zero attached hydrogens (tertiary/aromatic N) is 4. The fourth-order valence-electron chi connectivity index (χ4n) is 2.66. The highest BCUT2D eigenvalue weighted by atomic mass is 16.1. The highest BCUT2D eigenvalue weighted by Crippen LogP contribution is 2.16. The quantitative estimate of drug-likeness (QED) is 0.703. The van der Waals surface area contributed by atoms with Gasteiger partial charge in [0.05, 0.1) is 5.52 Å². The standard InChI is InChI=1S/C19H21N5O/c1-14(2)24-13-22-23-17(24)10-12-20-18(25)9-8-16-6-3-5-15-7-4-11-21-19(15)16/h3-9,11,13-14H,10,12H2,1-2H3,(H,20,25)/b9-8+. The fraction of sp³-hybridized carbons (Fsp3) is 0.263. The van der Waals surface area contributed by atoms with Gasteiger partial charge < -0.3 is 9.88 Å². The molecule has 25 heavy (non-hydrogen) atoms. The molecule has 0 aliphatic heterocycles. The van der Waals surface area contributed by atoms with Crippen molar-refractivity contribution in [2.24, 2.45) is 0 Å². The highest BCUT2D eigenvalue weighted by Gasteiger charge is 2.07. The van der Waals surface area contributed by atoms with Crippen molar-refractivity contribution in [2.75, 3.05) is 6.54 Å². The van der Waals surface area contributed by atoms with Gasteiger partial charge in [-0.3, -0.25) is 9.78 Å². The average Bonchev–Trinajstić information content (AvgIpc) is 3.09. The van der Waals surface area contributed by atoms with Gasteiger partial charge in [-0.15, -0.1) is 10.2 Å². The number of rotatable bonds is 6. The Morgan fingerprint density at radius 2 is 2.12 bits per heavy atom. The van der Waals surface area contributed by atoms with E-state index in [4.69, 9.17) is 0 Å². The molecular weight excluding hydrogens is 314 g/mol. The Morgan fingerprint density at radius 1 is 1.28 bits per heavy atom. The molecule has 0 atom stereocenters. The topological polar surface area (TPSA) is 72.7 Å². The molecule has 0 fully saturated rings. The Kier molecular flexibility index (Phi) is 5.18. The lowest BCUT2D eigenvalue weighted by Crippen LogP contribution is -2.24. The molecule has 0 aliphatic carbocycles. The summed E-state index contributed by atoms with van der Waals surface area (Å²) in [4.78, 5) is 16.4. The number of fused-ring (bicyclic) bond motifs is 1. The van der Waals surface area contributed by atoms with E-state index in [-0.39, 0.29) is 5.91 Å². The summed E-state index contributed by atoms with van der Waals surface area (Å²) < 4.78 is 2.00. The molecule has 2 aromatic heterocycles. The van der Waals surface area contributed by atoms with Gasteiger partial charge in [0.1, 0.15) is 12.2 Å². The SMILES string of the molecule is CC(C)n1cnnc1CCNC(=O)/C=C/c1cccc2cccnc12. The first-order valence-corrected chi connectivity index (χ1v) is 8.33. The zero-order valence-corrected chi connectivity index (χ0v) is 14.4. The van der Waals surface area contributed by atoms with Gasteiger partial charge in [0.2, 0.25) is 5.91 Å². The molecule has 0 saturated carbocycles. The molecule has 1 amide bonds. The van der Waals surface area contributed by atoms with Crippen LogP contribution in [-0.4, -0.2) is 32.2 Å². The molecule has 128 valence electrons. The summed E-state index contributed by atoms with van der Waals surface area (Å²) in [6.07, 6.45) is 7.45. The smallest absolute Gasteiger partial charge is 0.244 e. The monoisotopic (exact) mass is 335 g/mol. The molecule has 0 radical (unpaired) electrons. The van der Waals surface area contributed by atoms with E-state index in [1.165, 1.54) is 6.08 Å². The van der Waals surface area contributed by atoms with E-state index in [1.807, 2.05) is 34.9 Å². The summed E-state index contributed by atoms with van der Waals surface area (Å²) >= 11 is 0. The maximum Gasteiger partial charge on any atom is 0.244 e. The zero-order valence-electron chi connectivity index (χ0n) is 14.4. The summed E-state index contributed by atoms with van der Waals surface area (Å²) in [7, 11) is 0. The second kappa shape index (κ2) is 7.70.